The van der Waals surface area contributed by atoms with Gasteiger partial charge in [-0.1, -0.05) is 12.1 Å². The Kier molecular flexibility index (Phi) is 4.94. The summed E-state index contributed by atoms with van der Waals surface area (Å²) in [4.78, 5) is 36.4. The molecule has 3 aromatic rings. The first-order chi connectivity index (χ1) is 13.2. The Morgan fingerprint density at radius 1 is 1.19 bits per heavy atom. The van der Waals surface area contributed by atoms with E-state index in [1.165, 1.54) is 11.8 Å². The van der Waals surface area contributed by atoms with Gasteiger partial charge >= 0.3 is 0 Å². The van der Waals surface area contributed by atoms with Crippen molar-refractivity contribution in [3.05, 3.63) is 64.8 Å². The van der Waals surface area contributed by atoms with Crippen LogP contribution in [0.2, 0.25) is 0 Å². The maximum Gasteiger partial charge on any atom is 0.261 e. The van der Waals surface area contributed by atoms with Gasteiger partial charge in [-0.15, -0.1) is 11.8 Å². The fourth-order valence-electron chi connectivity index (χ4n) is 3.60. The van der Waals surface area contributed by atoms with Crippen LogP contribution in [0.3, 0.4) is 0 Å². The lowest BCUT2D eigenvalue weighted by atomic mass is 10.0. The largest absolute Gasteiger partial charge is 0.336 e. The van der Waals surface area contributed by atoms with Gasteiger partial charge in [0.1, 0.15) is 5.03 Å². The maximum absolute atomic E-state index is 13.0. The number of carbonyl (C=O) groups excluding carboxylic acids is 1. The van der Waals surface area contributed by atoms with E-state index in [0.29, 0.717) is 29.6 Å². The molecule has 138 valence electrons. The Morgan fingerprint density at radius 3 is 2.89 bits per heavy atom. The van der Waals surface area contributed by atoms with E-state index in [1.54, 1.807) is 29.2 Å². The number of piperidine rings is 1. The van der Waals surface area contributed by atoms with Crippen molar-refractivity contribution in [3.8, 4) is 0 Å². The van der Waals surface area contributed by atoms with E-state index < -0.39 is 0 Å². The molecular weight excluding hydrogens is 360 g/mol. The summed E-state index contributed by atoms with van der Waals surface area (Å²) in [6.07, 6.45) is 6.93. The SMILES string of the molecule is CSc1ncccc1C(=O)N1CCCC(n2cnc3ccccc3c2=O)C1. The normalized spacial score (nSPS) is 17.2. The number of hydrogen-bond acceptors (Lipinski definition) is 5. The number of thioether (sulfide) groups is 1. The Bertz CT molecular complexity index is 1050. The number of para-hydroxylation sites is 1. The van der Waals surface area contributed by atoms with Crippen LogP contribution in [0.15, 0.2) is 58.7 Å². The highest BCUT2D eigenvalue weighted by atomic mass is 32.2. The van der Waals surface area contributed by atoms with Gasteiger partial charge in [0.15, 0.2) is 0 Å². The molecular formula is C20H20N4O2S. The van der Waals surface area contributed by atoms with E-state index in [9.17, 15) is 9.59 Å². The summed E-state index contributed by atoms with van der Waals surface area (Å²) in [5.41, 5.74) is 1.27. The standard InChI is InChI=1S/C20H20N4O2S/c1-27-18-16(8-4-10-21-18)19(25)23-11-5-6-14(12-23)24-13-22-17-9-3-2-7-15(17)20(24)26/h2-4,7-10,13-14H,5-6,11-12H2,1H3. The summed E-state index contributed by atoms with van der Waals surface area (Å²) < 4.78 is 1.68. The molecule has 1 fully saturated rings. The zero-order chi connectivity index (χ0) is 18.8. The van der Waals surface area contributed by atoms with Gasteiger partial charge in [0, 0.05) is 19.3 Å². The maximum atomic E-state index is 13.0. The molecule has 7 heteroatoms. The molecule has 0 N–H and O–H groups in total. The van der Waals surface area contributed by atoms with E-state index in [2.05, 4.69) is 9.97 Å². The number of nitrogens with zero attached hydrogens (tertiary/aromatic N) is 4. The monoisotopic (exact) mass is 380 g/mol. The molecule has 1 saturated heterocycles. The molecule has 3 heterocycles. The minimum Gasteiger partial charge on any atom is -0.336 e. The summed E-state index contributed by atoms with van der Waals surface area (Å²) in [6.45, 7) is 1.19. The lowest BCUT2D eigenvalue weighted by Gasteiger charge is -2.33. The van der Waals surface area contributed by atoms with Gasteiger partial charge in [-0.3, -0.25) is 14.2 Å². The Morgan fingerprint density at radius 2 is 2.04 bits per heavy atom. The first-order valence-electron chi connectivity index (χ1n) is 8.93. The fourth-order valence-corrected chi connectivity index (χ4v) is 4.14. The van der Waals surface area contributed by atoms with E-state index in [4.69, 9.17) is 0 Å². The van der Waals surface area contributed by atoms with Crippen molar-refractivity contribution in [2.75, 3.05) is 19.3 Å². The summed E-state index contributed by atoms with van der Waals surface area (Å²) >= 11 is 1.46. The van der Waals surface area contributed by atoms with Gasteiger partial charge in [-0.25, -0.2) is 9.97 Å². The van der Waals surface area contributed by atoms with Crippen molar-refractivity contribution in [1.82, 2.24) is 19.4 Å². The fraction of sp³-hybridized carbons (Fsp3) is 0.300. The van der Waals surface area contributed by atoms with Crippen LogP contribution in [0.5, 0.6) is 0 Å². The van der Waals surface area contributed by atoms with Gasteiger partial charge in [0.05, 0.1) is 28.8 Å². The lowest BCUT2D eigenvalue weighted by Crippen LogP contribution is -2.43. The Balaban J connectivity index is 1.63. The molecule has 1 aliphatic rings. The third-order valence-electron chi connectivity index (χ3n) is 4.96. The zero-order valence-corrected chi connectivity index (χ0v) is 15.9. The van der Waals surface area contributed by atoms with Crippen molar-refractivity contribution in [3.63, 3.8) is 0 Å². The molecule has 1 unspecified atom stereocenters. The number of fused-ring (bicyclic) bond motifs is 1. The predicted molar refractivity (Wildman–Crippen MR) is 106 cm³/mol. The molecule has 1 aliphatic heterocycles. The second kappa shape index (κ2) is 7.52. The number of amides is 1. The van der Waals surface area contributed by atoms with Crippen LogP contribution < -0.4 is 5.56 Å². The molecule has 2 aromatic heterocycles. The number of aromatic nitrogens is 3. The quantitative estimate of drug-likeness (QED) is 0.654. The van der Waals surface area contributed by atoms with Crippen LogP contribution >= 0.6 is 11.8 Å². The molecule has 0 bridgehead atoms. The van der Waals surface area contributed by atoms with Crippen molar-refractivity contribution in [2.24, 2.45) is 0 Å². The topological polar surface area (TPSA) is 68.1 Å². The molecule has 4 rings (SSSR count). The minimum atomic E-state index is -0.0679. The van der Waals surface area contributed by atoms with Crippen LogP contribution in [0.1, 0.15) is 29.2 Å². The lowest BCUT2D eigenvalue weighted by molar-refractivity contribution is 0.0673. The molecule has 1 atom stereocenters. The number of carbonyl (C=O) groups is 1. The molecule has 1 aromatic carbocycles. The Labute approximate surface area is 161 Å². The highest BCUT2D eigenvalue weighted by Gasteiger charge is 2.27. The summed E-state index contributed by atoms with van der Waals surface area (Å²) in [6, 6.07) is 10.9. The highest BCUT2D eigenvalue weighted by Crippen LogP contribution is 2.25. The van der Waals surface area contributed by atoms with E-state index in [1.807, 2.05) is 35.4 Å². The molecule has 0 saturated carbocycles. The zero-order valence-electron chi connectivity index (χ0n) is 15.0. The average Bonchev–Trinajstić information content (AvgIpc) is 2.73. The van der Waals surface area contributed by atoms with Crippen molar-refractivity contribution >= 4 is 28.6 Å². The van der Waals surface area contributed by atoms with Crippen molar-refractivity contribution in [1.29, 1.82) is 0 Å². The van der Waals surface area contributed by atoms with Crippen LogP contribution in [-0.2, 0) is 0 Å². The van der Waals surface area contributed by atoms with E-state index >= 15 is 0 Å². The number of benzene rings is 1. The average molecular weight is 380 g/mol. The predicted octanol–water partition coefficient (Wildman–Crippen LogP) is 2.99. The number of hydrogen-bond donors (Lipinski definition) is 0. The molecule has 6 nitrogen and oxygen atoms in total. The number of likely N-dealkylation sites (tertiary alicyclic amines) is 1. The summed E-state index contributed by atoms with van der Waals surface area (Å²) in [5, 5.41) is 1.34. The van der Waals surface area contributed by atoms with Gasteiger partial charge in [-0.2, -0.15) is 0 Å². The highest BCUT2D eigenvalue weighted by molar-refractivity contribution is 7.98. The first kappa shape index (κ1) is 17.7. The molecule has 0 aliphatic carbocycles. The van der Waals surface area contributed by atoms with Crippen LogP contribution in [0, 0.1) is 0 Å². The second-order valence-corrected chi connectivity index (χ2v) is 7.38. The smallest absolute Gasteiger partial charge is 0.261 e. The minimum absolute atomic E-state index is 0.0288. The van der Waals surface area contributed by atoms with Crippen LogP contribution in [0.25, 0.3) is 10.9 Å². The molecule has 0 radical (unpaired) electrons. The van der Waals surface area contributed by atoms with Crippen LogP contribution in [-0.4, -0.2) is 44.7 Å². The number of rotatable bonds is 3. The van der Waals surface area contributed by atoms with Crippen LogP contribution in [0.4, 0.5) is 0 Å². The molecule has 1 amide bonds. The van der Waals surface area contributed by atoms with Gasteiger partial charge in [0.25, 0.3) is 11.5 Å². The second-order valence-electron chi connectivity index (χ2n) is 6.58. The third kappa shape index (κ3) is 3.35. The van der Waals surface area contributed by atoms with Crippen molar-refractivity contribution in [2.45, 2.75) is 23.9 Å². The van der Waals surface area contributed by atoms with E-state index in [0.717, 1.165) is 17.9 Å². The third-order valence-corrected chi connectivity index (χ3v) is 5.67. The van der Waals surface area contributed by atoms with Gasteiger partial charge < -0.3 is 4.90 Å². The van der Waals surface area contributed by atoms with Gasteiger partial charge in [-0.05, 0) is 43.4 Å². The first-order valence-corrected chi connectivity index (χ1v) is 10.2. The van der Waals surface area contributed by atoms with Crippen molar-refractivity contribution < 1.29 is 4.79 Å². The molecule has 27 heavy (non-hydrogen) atoms. The Hall–Kier alpha value is -2.67. The summed E-state index contributed by atoms with van der Waals surface area (Å²) in [5.74, 6) is -0.0288. The molecule has 0 spiro atoms. The summed E-state index contributed by atoms with van der Waals surface area (Å²) in [7, 11) is 0. The van der Waals surface area contributed by atoms with E-state index in [-0.39, 0.29) is 17.5 Å². The van der Waals surface area contributed by atoms with Gasteiger partial charge in [0.2, 0.25) is 0 Å². The number of pyridine rings is 1.